The Kier molecular flexibility index (Phi) is 8.26. The number of phenols is 1. The van der Waals surface area contributed by atoms with Crippen LogP contribution in [0, 0.1) is 0 Å². The quantitative estimate of drug-likeness (QED) is 0.206. The zero-order valence-electron chi connectivity index (χ0n) is 18.4. The fraction of sp³-hybridized carbons (Fsp3) is 0.455. The highest BCUT2D eigenvalue weighted by molar-refractivity contribution is 9.10. The van der Waals surface area contributed by atoms with E-state index < -0.39 is 11.2 Å². The monoisotopic (exact) mass is 504 g/mol. The summed E-state index contributed by atoms with van der Waals surface area (Å²) in [5.74, 6) is 0.456. The lowest BCUT2D eigenvalue weighted by molar-refractivity contribution is 0.474. The number of aryl methyl sites for hydroxylation is 2. The van der Waals surface area contributed by atoms with Crippen LogP contribution in [0.15, 0.2) is 37.4 Å². The molecule has 0 bridgehead atoms. The summed E-state index contributed by atoms with van der Waals surface area (Å²) in [7, 11) is 1.57. The minimum atomic E-state index is -0.516. The molecular weight excluding hydrogens is 476 g/mol. The lowest BCUT2D eigenvalue weighted by Crippen LogP contribution is -2.29. The topological polar surface area (TPSA) is 117 Å². The molecule has 0 spiro atoms. The van der Waals surface area contributed by atoms with Crippen LogP contribution in [0.3, 0.4) is 0 Å². The van der Waals surface area contributed by atoms with Crippen LogP contribution in [-0.4, -0.2) is 30.4 Å². The normalized spacial score (nSPS) is 11.6. The second kappa shape index (κ2) is 11.1. The van der Waals surface area contributed by atoms with E-state index in [0.29, 0.717) is 29.2 Å². The Labute approximate surface area is 194 Å². The minimum absolute atomic E-state index is 0.0918. The fourth-order valence-electron chi connectivity index (χ4n) is 3.55. The molecular formula is C22H29BrN6O3. The molecule has 0 amide bonds. The molecule has 3 N–H and O–H groups in total. The van der Waals surface area contributed by atoms with Gasteiger partial charge in [-0.15, -0.1) is 0 Å². The van der Waals surface area contributed by atoms with Crippen molar-refractivity contribution in [2.75, 3.05) is 5.43 Å². The number of nitrogens with zero attached hydrogens (tertiary/aromatic N) is 4. The standard InChI is InChI=1S/C22H29BrN6O3/c1-3-4-5-6-7-8-9-12-29-18-19(28(2)22(32)26-20(18)31)25-21(29)27-24-14-15-13-16(23)10-11-17(15)30/h10-11,13-14,30H,3-9,12H2,1-2H3,(H,25,27)(H,26,31,32). The summed E-state index contributed by atoms with van der Waals surface area (Å²) in [4.78, 5) is 31.3. The Bertz CT molecular complexity index is 1210. The predicted octanol–water partition coefficient (Wildman–Crippen LogP) is 4.09. The summed E-state index contributed by atoms with van der Waals surface area (Å²) in [6.45, 7) is 2.77. The second-order valence-corrected chi connectivity index (χ2v) is 8.69. The molecule has 10 heteroatoms. The largest absolute Gasteiger partial charge is 0.507 e. The Hall–Kier alpha value is -2.88. The first-order valence-corrected chi connectivity index (χ1v) is 11.7. The maximum atomic E-state index is 12.5. The lowest BCUT2D eigenvalue weighted by atomic mass is 10.1. The number of benzene rings is 1. The van der Waals surface area contributed by atoms with Gasteiger partial charge in [0.15, 0.2) is 11.2 Å². The number of phenolic OH excluding ortho intramolecular Hbond substituents is 1. The summed E-state index contributed by atoms with van der Waals surface area (Å²) < 4.78 is 3.88. The Morgan fingerprint density at radius 1 is 1.19 bits per heavy atom. The highest BCUT2D eigenvalue weighted by atomic mass is 79.9. The molecule has 2 heterocycles. The maximum absolute atomic E-state index is 12.5. The average Bonchev–Trinajstić information content (AvgIpc) is 3.13. The van der Waals surface area contributed by atoms with Crippen LogP contribution >= 0.6 is 15.9 Å². The van der Waals surface area contributed by atoms with Crippen LogP contribution < -0.4 is 16.7 Å². The van der Waals surface area contributed by atoms with Gasteiger partial charge in [-0.2, -0.15) is 10.1 Å². The van der Waals surface area contributed by atoms with Crippen molar-refractivity contribution < 1.29 is 5.11 Å². The molecule has 0 fully saturated rings. The van der Waals surface area contributed by atoms with Gasteiger partial charge in [0.2, 0.25) is 5.95 Å². The van der Waals surface area contributed by atoms with Crippen molar-refractivity contribution in [2.24, 2.45) is 12.1 Å². The Balaban J connectivity index is 1.83. The van der Waals surface area contributed by atoms with Crippen LogP contribution in [0.1, 0.15) is 57.4 Å². The minimum Gasteiger partial charge on any atom is -0.507 e. The van der Waals surface area contributed by atoms with E-state index >= 15 is 0 Å². The number of hydrazone groups is 1. The molecule has 0 aliphatic rings. The van der Waals surface area contributed by atoms with Crippen LogP contribution in [0.2, 0.25) is 0 Å². The molecule has 172 valence electrons. The van der Waals surface area contributed by atoms with Crippen LogP contribution in [0.25, 0.3) is 11.2 Å². The predicted molar refractivity (Wildman–Crippen MR) is 131 cm³/mol. The van der Waals surface area contributed by atoms with E-state index in [1.54, 1.807) is 29.8 Å². The highest BCUT2D eigenvalue weighted by Gasteiger charge is 2.17. The van der Waals surface area contributed by atoms with E-state index in [9.17, 15) is 14.7 Å². The van der Waals surface area contributed by atoms with Crippen molar-refractivity contribution >= 4 is 39.3 Å². The van der Waals surface area contributed by atoms with E-state index in [0.717, 1.165) is 23.7 Å². The van der Waals surface area contributed by atoms with Gasteiger partial charge >= 0.3 is 5.69 Å². The van der Waals surface area contributed by atoms with Gasteiger partial charge in [-0.1, -0.05) is 61.4 Å². The van der Waals surface area contributed by atoms with Crippen LogP contribution in [0.4, 0.5) is 5.95 Å². The van der Waals surface area contributed by atoms with Crippen molar-refractivity contribution in [2.45, 2.75) is 58.4 Å². The number of hydrogen-bond acceptors (Lipinski definition) is 6. The van der Waals surface area contributed by atoms with Gasteiger partial charge in [0, 0.05) is 23.6 Å². The summed E-state index contributed by atoms with van der Waals surface area (Å²) in [5.41, 5.74) is 3.03. The number of unbranched alkanes of at least 4 members (excludes halogenated alkanes) is 6. The number of aromatic amines is 1. The molecule has 0 aliphatic carbocycles. The van der Waals surface area contributed by atoms with Crippen LogP contribution in [0.5, 0.6) is 5.75 Å². The molecule has 3 aromatic rings. The van der Waals surface area contributed by atoms with E-state index in [1.807, 2.05) is 0 Å². The van der Waals surface area contributed by atoms with E-state index in [1.165, 1.54) is 36.5 Å². The molecule has 0 atom stereocenters. The molecule has 0 radical (unpaired) electrons. The molecule has 0 aliphatic heterocycles. The van der Waals surface area contributed by atoms with Crippen molar-refractivity contribution in [3.63, 3.8) is 0 Å². The number of aromatic hydroxyl groups is 1. The summed E-state index contributed by atoms with van der Waals surface area (Å²) in [6.07, 6.45) is 9.47. The summed E-state index contributed by atoms with van der Waals surface area (Å²) in [6, 6.07) is 5.03. The van der Waals surface area contributed by atoms with Crippen molar-refractivity contribution in [3.8, 4) is 5.75 Å². The third-order valence-electron chi connectivity index (χ3n) is 5.35. The van der Waals surface area contributed by atoms with Gasteiger partial charge in [0.05, 0.1) is 6.21 Å². The van der Waals surface area contributed by atoms with Crippen molar-refractivity contribution in [3.05, 3.63) is 49.1 Å². The second-order valence-electron chi connectivity index (χ2n) is 7.77. The third-order valence-corrected chi connectivity index (χ3v) is 5.84. The average molecular weight is 505 g/mol. The Morgan fingerprint density at radius 3 is 2.66 bits per heavy atom. The van der Waals surface area contributed by atoms with Gasteiger partial charge in [-0.05, 0) is 24.6 Å². The summed E-state index contributed by atoms with van der Waals surface area (Å²) >= 11 is 3.37. The number of fused-ring (bicyclic) bond motifs is 1. The van der Waals surface area contributed by atoms with Crippen molar-refractivity contribution in [1.82, 2.24) is 19.1 Å². The first kappa shape index (κ1) is 23.8. The van der Waals surface area contributed by atoms with E-state index in [-0.39, 0.29) is 5.75 Å². The highest BCUT2D eigenvalue weighted by Crippen LogP contribution is 2.21. The zero-order valence-corrected chi connectivity index (χ0v) is 20.0. The summed E-state index contributed by atoms with van der Waals surface area (Å²) in [5, 5.41) is 14.2. The van der Waals surface area contributed by atoms with Crippen LogP contribution in [-0.2, 0) is 13.6 Å². The molecule has 2 aromatic heterocycles. The number of hydrogen-bond donors (Lipinski definition) is 3. The number of aromatic nitrogens is 4. The van der Waals surface area contributed by atoms with Gasteiger partial charge in [-0.3, -0.25) is 14.3 Å². The lowest BCUT2D eigenvalue weighted by Gasteiger charge is -2.08. The molecule has 0 saturated carbocycles. The first-order valence-electron chi connectivity index (χ1n) is 10.9. The smallest absolute Gasteiger partial charge is 0.329 e. The van der Waals surface area contributed by atoms with Gasteiger partial charge < -0.3 is 9.67 Å². The first-order chi connectivity index (χ1) is 15.4. The van der Waals surface area contributed by atoms with E-state index in [2.05, 4.69) is 43.3 Å². The molecule has 0 saturated heterocycles. The molecule has 1 aromatic carbocycles. The number of imidazole rings is 1. The molecule has 3 rings (SSSR count). The number of halogens is 1. The number of H-pyrrole nitrogens is 1. The van der Waals surface area contributed by atoms with Crippen molar-refractivity contribution in [1.29, 1.82) is 0 Å². The van der Waals surface area contributed by atoms with Gasteiger partial charge in [-0.25, -0.2) is 10.2 Å². The maximum Gasteiger partial charge on any atom is 0.329 e. The Morgan fingerprint density at radius 2 is 1.91 bits per heavy atom. The molecule has 9 nitrogen and oxygen atoms in total. The zero-order chi connectivity index (χ0) is 23.1. The molecule has 0 unspecified atom stereocenters. The number of anilines is 1. The third kappa shape index (κ3) is 5.67. The van der Waals surface area contributed by atoms with Gasteiger partial charge in [0.25, 0.3) is 5.56 Å². The van der Waals surface area contributed by atoms with Gasteiger partial charge in [0.1, 0.15) is 5.75 Å². The fourth-order valence-corrected chi connectivity index (χ4v) is 3.93. The number of nitrogens with one attached hydrogen (secondary N) is 2. The number of rotatable bonds is 11. The SMILES string of the molecule is CCCCCCCCCn1c(NN=Cc2cc(Br)ccc2O)nc2c1c(=O)[nH]c(=O)n2C. The van der Waals surface area contributed by atoms with E-state index in [4.69, 9.17) is 0 Å². The molecule has 32 heavy (non-hydrogen) atoms.